The normalized spacial score (nSPS) is 25.3. The van der Waals surface area contributed by atoms with Gasteiger partial charge in [-0.15, -0.1) is 0 Å². The van der Waals surface area contributed by atoms with Gasteiger partial charge in [-0.3, -0.25) is 0 Å². The Labute approximate surface area is 116 Å². The van der Waals surface area contributed by atoms with Crippen molar-refractivity contribution in [2.45, 2.75) is 38.7 Å². The van der Waals surface area contributed by atoms with Crippen LogP contribution in [0.1, 0.15) is 32.6 Å². The smallest absolute Gasteiger partial charge is 0.317 e. The van der Waals surface area contributed by atoms with Gasteiger partial charge in [0.05, 0.1) is 12.7 Å². The summed E-state index contributed by atoms with van der Waals surface area (Å²) in [6.07, 6.45) is 4.89. The van der Waals surface area contributed by atoms with Gasteiger partial charge in [-0.25, -0.2) is 4.79 Å². The molecule has 110 valence electrons. The molecule has 19 heavy (non-hydrogen) atoms. The summed E-state index contributed by atoms with van der Waals surface area (Å²) in [6, 6.07) is 0.0699. The van der Waals surface area contributed by atoms with Crippen molar-refractivity contribution in [1.82, 2.24) is 15.5 Å². The molecule has 2 rings (SSSR count). The summed E-state index contributed by atoms with van der Waals surface area (Å²) < 4.78 is 5.77. The van der Waals surface area contributed by atoms with Crippen LogP contribution < -0.4 is 10.6 Å². The topological polar surface area (TPSA) is 53.6 Å². The third kappa shape index (κ3) is 4.99. The van der Waals surface area contributed by atoms with E-state index < -0.39 is 0 Å². The van der Waals surface area contributed by atoms with E-state index in [9.17, 15) is 4.79 Å². The summed E-state index contributed by atoms with van der Waals surface area (Å²) in [4.78, 5) is 13.9. The van der Waals surface area contributed by atoms with Gasteiger partial charge in [0.25, 0.3) is 0 Å². The number of nitrogens with zero attached hydrogens (tertiary/aromatic N) is 1. The fourth-order valence-corrected chi connectivity index (χ4v) is 2.83. The molecule has 5 nitrogen and oxygen atoms in total. The van der Waals surface area contributed by atoms with Crippen molar-refractivity contribution in [2.75, 3.05) is 39.3 Å². The van der Waals surface area contributed by atoms with E-state index in [1.807, 2.05) is 4.90 Å². The summed E-state index contributed by atoms with van der Waals surface area (Å²) in [7, 11) is 0. The van der Waals surface area contributed by atoms with E-state index in [4.69, 9.17) is 4.74 Å². The molecule has 2 N–H and O–H groups in total. The monoisotopic (exact) mass is 269 g/mol. The molecule has 2 aliphatic heterocycles. The van der Waals surface area contributed by atoms with E-state index in [1.165, 1.54) is 6.42 Å². The van der Waals surface area contributed by atoms with E-state index in [0.29, 0.717) is 25.2 Å². The van der Waals surface area contributed by atoms with Gasteiger partial charge in [0.15, 0.2) is 0 Å². The highest BCUT2D eigenvalue weighted by Crippen LogP contribution is 2.15. The highest BCUT2D eigenvalue weighted by molar-refractivity contribution is 5.74. The zero-order chi connectivity index (χ0) is 13.5. The van der Waals surface area contributed by atoms with E-state index >= 15 is 0 Å². The number of piperidine rings is 2. The van der Waals surface area contributed by atoms with Crippen LogP contribution in [0, 0.1) is 5.92 Å². The first kappa shape index (κ1) is 14.6. The minimum atomic E-state index is 0.0699. The Kier molecular flexibility index (Phi) is 5.92. The average molecular weight is 269 g/mol. The third-order valence-corrected chi connectivity index (χ3v) is 3.96. The first-order valence-corrected chi connectivity index (χ1v) is 7.61. The average Bonchev–Trinajstić information content (AvgIpc) is 2.44. The van der Waals surface area contributed by atoms with Gasteiger partial charge in [0.1, 0.15) is 0 Å². The van der Waals surface area contributed by atoms with Crippen molar-refractivity contribution in [2.24, 2.45) is 5.92 Å². The minimum Gasteiger partial charge on any atom is -0.376 e. The molecule has 1 unspecified atom stereocenters. The van der Waals surface area contributed by atoms with E-state index in [0.717, 1.165) is 45.4 Å². The van der Waals surface area contributed by atoms with Crippen molar-refractivity contribution >= 4 is 6.03 Å². The van der Waals surface area contributed by atoms with Crippen LogP contribution in [-0.2, 0) is 4.74 Å². The fraction of sp³-hybridized carbons (Fsp3) is 0.929. The molecule has 2 amide bonds. The van der Waals surface area contributed by atoms with Gasteiger partial charge < -0.3 is 20.3 Å². The van der Waals surface area contributed by atoms with Gasteiger partial charge in [-0.1, -0.05) is 6.92 Å². The molecule has 2 saturated heterocycles. The van der Waals surface area contributed by atoms with Gasteiger partial charge in [0, 0.05) is 19.6 Å². The van der Waals surface area contributed by atoms with Crippen molar-refractivity contribution in [3.63, 3.8) is 0 Å². The quantitative estimate of drug-likeness (QED) is 0.754. The lowest BCUT2D eigenvalue weighted by Crippen LogP contribution is -2.46. The van der Waals surface area contributed by atoms with Crippen LogP contribution in [0.3, 0.4) is 0 Å². The number of hydrogen-bond acceptors (Lipinski definition) is 3. The number of nitrogens with one attached hydrogen (secondary N) is 2. The van der Waals surface area contributed by atoms with Crippen molar-refractivity contribution in [3.05, 3.63) is 0 Å². The lowest BCUT2D eigenvalue weighted by Gasteiger charge is -2.31. The molecule has 2 aliphatic rings. The van der Waals surface area contributed by atoms with E-state index in [-0.39, 0.29) is 6.03 Å². The van der Waals surface area contributed by atoms with Crippen LogP contribution in [0.2, 0.25) is 0 Å². The number of hydrogen-bond donors (Lipinski definition) is 2. The largest absolute Gasteiger partial charge is 0.376 e. The summed E-state index contributed by atoms with van der Waals surface area (Å²) >= 11 is 0. The SMILES string of the molecule is CC1CCCN(C(=O)NCCOC2CCNCC2)C1. The highest BCUT2D eigenvalue weighted by Gasteiger charge is 2.20. The van der Waals surface area contributed by atoms with E-state index in [2.05, 4.69) is 17.6 Å². The van der Waals surface area contributed by atoms with Crippen LogP contribution in [0.15, 0.2) is 0 Å². The Hall–Kier alpha value is -0.810. The number of urea groups is 1. The van der Waals surface area contributed by atoms with Crippen molar-refractivity contribution in [1.29, 1.82) is 0 Å². The van der Waals surface area contributed by atoms with Crippen LogP contribution in [-0.4, -0.2) is 56.4 Å². The molecule has 0 aromatic carbocycles. The lowest BCUT2D eigenvalue weighted by molar-refractivity contribution is 0.0350. The standard InChI is InChI=1S/C14H27N3O2/c1-12-3-2-9-17(11-12)14(18)16-8-10-19-13-4-6-15-7-5-13/h12-13,15H,2-11H2,1H3,(H,16,18). The molecule has 5 heteroatoms. The second-order valence-corrected chi connectivity index (χ2v) is 5.75. The number of rotatable bonds is 4. The summed E-state index contributed by atoms with van der Waals surface area (Å²) in [5.74, 6) is 0.630. The number of carbonyl (C=O) groups is 1. The van der Waals surface area contributed by atoms with Crippen molar-refractivity contribution < 1.29 is 9.53 Å². The molecular weight excluding hydrogens is 242 g/mol. The predicted molar refractivity (Wildman–Crippen MR) is 75.2 cm³/mol. The van der Waals surface area contributed by atoms with E-state index in [1.54, 1.807) is 0 Å². The van der Waals surface area contributed by atoms with Crippen LogP contribution in [0.5, 0.6) is 0 Å². The molecule has 0 saturated carbocycles. The first-order chi connectivity index (χ1) is 9.25. The molecule has 0 aromatic rings. The van der Waals surface area contributed by atoms with Crippen LogP contribution in [0.4, 0.5) is 4.79 Å². The van der Waals surface area contributed by atoms with Gasteiger partial charge >= 0.3 is 6.03 Å². The van der Waals surface area contributed by atoms with Gasteiger partial charge in [-0.05, 0) is 44.7 Å². The maximum Gasteiger partial charge on any atom is 0.317 e. The maximum atomic E-state index is 11.9. The summed E-state index contributed by atoms with van der Waals surface area (Å²) in [5, 5.41) is 6.27. The van der Waals surface area contributed by atoms with Gasteiger partial charge in [-0.2, -0.15) is 0 Å². The molecule has 0 aliphatic carbocycles. The number of carbonyl (C=O) groups excluding carboxylic acids is 1. The Bertz CT molecular complexity index is 280. The maximum absolute atomic E-state index is 11.9. The number of ether oxygens (including phenoxy) is 1. The number of likely N-dealkylation sites (tertiary alicyclic amines) is 1. The number of amides is 2. The van der Waals surface area contributed by atoms with Crippen molar-refractivity contribution in [3.8, 4) is 0 Å². The van der Waals surface area contributed by atoms with Gasteiger partial charge in [0.2, 0.25) is 0 Å². The lowest BCUT2D eigenvalue weighted by atomic mass is 10.0. The summed E-state index contributed by atoms with van der Waals surface area (Å²) in [6.45, 7) is 7.32. The molecule has 2 fully saturated rings. The Morgan fingerprint density at radius 3 is 2.89 bits per heavy atom. The Morgan fingerprint density at radius 1 is 1.37 bits per heavy atom. The fourth-order valence-electron chi connectivity index (χ4n) is 2.83. The first-order valence-electron chi connectivity index (χ1n) is 7.61. The molecule has 0 bridgehead atoms. The van der Waals surface area contributed by atoms with Crippen LogP contribution in [0.25, 0.3) is 0 Å². The molecule has 0 radical (unpaired) electrons. The summed E-state index contributed by atoms with van der Waals surface area (Å²) in [5.41, 5.74) is 0. The zero-order valence-corrected chi connectivity index (χ0v) is 12.0. The second-order valence-electron chi connectivity index (χ2n) is 5.75. The highest BCUT2D eigenvalue weighted by atomic mass is 16.5. The molecule has 2 heterocycles. The Balaban J connectivity index is 1.55. The minimum absolute atomic E-state index is 0.0699. The molecular formula is C14H27N3O2. The third-order valence-electron chi connectivity index (χ3n) is 3.96. The van der Waals surface area contributed by atoms with Crippen LogP contribution >= 0.6 is 0 Å². The molecule has 0 aromatic heterocycles. The Morgan fingerprint density at radius 2 is 2.16 bits per heavy atom. The molecule has 0 spiro atoms. The second kappa shape index (κ2) is 7.70. The zero-order valence-electron chi connectivity index (χ0n) is 12.0. The predicted octanol–water partition coefficient (Wildman–Crippen LogP) is 1.20. The molecule has 1 atom stereocenters.